The van der Waals surface area contributed by atoms with Gasteiger partial charge in [0.05, 0.1) is 18.8 Å². The first-order valence-corrected chi connectivity index (χ1v) is 21.4. The molecule has 2 atom stereocenters. The van der Waals surface area contributed by atoms with Crippen LogP contribution in [0.3, 0.4) is 0 Å². The Morgan fingerprint density at radius 1 is 0.489 bits per heavy atom. The molecule has 0 saturated carbocycles. The Kier molecular flexibility index (Phi) is 38.8. The van der Waals surface area contributed by atoms with Crippen molar-refractivity contribution in [3.05, 3.63) is 12.2 Å². The third kappa shape index (κ3) is 36.2. The molecule has 0 aliphatic carbocycles. The van der Waals surface area contributed by atoms with E-state index < -0.39 is 12.1 Å². The minimum Gasteiger partial charge on any atom is -0.394 e. The highest BCUT2D eigenvalue weighted by Crippen LogP contribution is 2.16. The van der Waals surface area contributed by atoms with Crippen LogP contribution in [0.4, 0.5) is 0 Å². The van der Waals surface area contributed by atoms with Gasteiger partial charge in [0.15, 0.2) is 0 Å². The van der Waals surface area contributed by atoms with Crippen molar-refractivity contribution in [3.8, 4) is 0 Å². The van der Waals surface area contributed by atoms with Gasteiger partial charge in [-0.25, -0.2) is 0 Å². The first-order valence-electron chi connectivity index (χ1n) is 21.4. The van der Waals surface area contributed by atoms with E-state index in [9.17, 15) is 15.0 Å². The van der Waals surface area contributed by atoms with Crippen molar-refractivity contribution in [3.63, 3.8) is 0 Å². The number of carbonyl (C=O) groups excluding carboxylic acids is 1. The summed E-state index contributed by atoms with van der Waals surface area (Å²) in [6, 6.07) is -0.613. The zero-order valence-corrected chi connectivity index (χ0v) is 32.1. The second-order valence-electron chi connectivity index (χ2n) is 14.8. The summed E-state index contributed by atoms with van der Waals surface area (Å²) in [5, 5.41) is 22.7. The van der Waals surface area contributed by atoms with Gasteiger partial charge in [0.2, 0.25) is 5.91 Å². The Labute approximate surface area is 295 Å². The van der Waals surface area contributed by atoms with Crippen molar-refractivity contribution >= 4 is 5.91 Å². The molecule has 2 unspecified atom stereocenters. The van der Waals surface area contributed by atoms with Gasteiger partial charge >= 0.3 is 0 Å². The minimum absolute atomic E-state index is 0.0653. The molecule has 4 nitrogen and oxygen atoms in total. The number of nitrogens with one attached hydrogen (secondary N) is 1. The first-order chi connectivity index (χ1) is 23.2. The molecule has 0 radical (unpaired) electrons. The molecule has 0 aliphatic rings. The van der Waals surface area contributed by atoms with Crippen LogP contribution in [0.25, 0.3) is 0 Å². The number of hydrogen-bond acceptors (Lipinski definition) is 3. The summed E-state index contributed by atoms with van der Waals surface area (Å²) in [5.74, 6) is -0.0653. The molecule has 4 heteroatoms. The van der Waals surface area contributed by atoms with Gasteiger partial charge in [-0.2, -0.15) is 0 Å². The van der Waals surface area contributed by atoms with E-state index >= 15 is 0 Å². The van der Waals surface area contributed by atoms with E-state index in [-0.39, 0.29) is 12.5 Å². The van der Waals surface area contributed by atoms with Gasteiger partial charge in [0.1, 0.15) is 0 Å². The van der Waals surface area contributed by atoms with Gasteiger partial charge in [-0.15, -0.1) is 0 Å². The van der Waals surface area contributed by atoms with Crippen LogP contribution >= 0.6 is 0 Å². The largest absolute Gasteiger partial charge is 0.394 e. The summed E-state index contributed by atoms with van der Waals surface area (Å²) in [7, 11) is 0. The molecule has 280 valence electrons. The van der Waals surface area contributed by atoms with E-state index in [0.29, 0.717) is 6.42 Å². The molecule has 0 aromatic rings. The summed E-state index contributed by atoms with van der Waals surface area (Å²) < 4.78 is 0. The van der Waals surface area contributed by atoms with E-state index in [1.165, 1.54) is 193 Å². The summed E-state index contributed by atoms with van der Waals surface area (Å²) in [6.45, 7) is 4.25. The van der Waals surface area contributed by atoms with Crippen LogP contribution < -0.4 is 5.32 Å². The molecule has 0 aliphatic heterocycles. The maximum absolute atomic E-state index is 12.3. The fourth-order valence-corrected chi connectivity index (χ4v) is 6.71. The number of allylic oxidation sites excluding steroid dienone is 1. The summed E-state index contributed by atoms with van der Waals surface area (Å²) in [6.07, 6.45) is 49.3. The summed E-state index contributed by atoms with van der Waals surface area (Å²) in [5.41, 5.74) is 0. The van der Waals surface area contributed by atoms with Gasteiger partial charge in [-0.05, 0) is 19.3 Å². The summed E-state index contributed by atoms with van der Waals surface area (Å²) in [4.78, 5) is 12.3. The zero-order valence-electron chi connectivity index (χ0n) is 32.1. The molecule has 1 amide bonds. The lowest BCUT2D eigenvalue weighted by Gasteiger charge is -2.20. The van der Waals surface area contributed by atoms with Crippen molar-refractivity contribution in [2.24, 2.45) is 0 Å². The van der Waals surface area contributed by atoms with E-state index in [0.717, 1.165) is 25.7 Å². The van der Waals surface area contributed by atoms with Gasteiger partial charge in [0.25, 0.3) is 0 Å². The van der Waals surface area contributed by atoms with Gasteiger partial charge in [0, 0.05) is 6.42 Å². The Hall–Kier alpha value is -0.870. The molecule has 3 N–H and O–H groups in total. The molecule has 0 heterocycles. The van der Waals surface area contributed by atoms with Gasteiger partial charge in [-0.1, -0.05) is 225 Å². The third-order valence-corrected chi connectivity index (χ3v) is 10.0. The number of unbranched alkanes of at least 4 members (excludes halogenated alkanes) is 32. The minimum atomic E-state index is -0.830. The van der Waals surface area contributed by atoms with Crippen LogP contribution in [-0.4, -0.2) is 34.9 Å². The molecule has 0 fully saturated rings. The van der Waals surface area contributed by atoms with Crippen LogP contribution in [0.15, 0.2) is 12.2 Å². The Morgan fingerprint density at radius 2 is 0.787 bits per heavy atom. The number of aliphatic hydroxyl groups excluding tert-OH is 2. The van der Waals surface area contributed by atoms with Crippen LogP contribution in [0.1, 0.15) is 239 Å². The Balaban J connectivity index is 3.33. The second kappa shape index (κ2) is 39.6. The Bertz CT molecular complexity index is 637. The van der Waals surface area contributed by atoms with E-state index in [2.05, 4.69) is 19.2 Å². The van der Waals surface area contributed by atoms with Crippen LogP contribution in [-0.2, 0) is 4.79 Å². The lowest BCUT2D eigenvalue weighted by Crippen LogP contribution is -2.45. The highest BCUT2D eigenvalue weighted by atomic mass is 16.3. The maximum Gasteiger partial charge on any atom is 0.220 e. The normalized spacial score (nSPS) is 13.0. The molecule has 0 bridgehead atoms. The second-order valence-corrected chi connectivity index (χ2v) is 14.8. The Morgan fingerprint density at radius 3 is 1.11 bits per heavy atom. The molecule has 0 aromatic carbocycles. The number of carbonyl (C=O) groups is 1. The third-order valence-electron chi connectivity index (χ3n) is 10.0. The molecule has 47 heavy (non-hydrogen) atoms. The monoisotopic (exact) mass is 664 g/mol. The highest BCUT2D eigenvalue weighted by Gasteiger charge is 2.17. The molecule has 0 spiro atoms. The lowest BCUT2D eigenvalue weighted by atomic mass is 10.0. The van der Waals surface area contributed by atoms with Crippen molar-refractivity contribution in [1.29, 1.82) is 0 Å². The average molecular weight is 664 g/mol. The first kappa shape index (κ1) is 46.1. The number of amides is 1. The number of hydrogen-bond donors (Lipinski definition) is 3. The van der Waals surface area contributed by atoms with Crippen molar-refractivity contribution < 1.29 is 15.0 Å². The zero-order chi connectivity index (χ0) is 34.3. The predicted octanol–water partition coefficient (Wildman–Crippen LogP) is 13.1. The number of aliphatic hydroxyl groups is 2. The van der Waals surface area contributed by atoms with Gasteiger partial charge in [-0.3, -0.25) is 4.79 Å². The maximum atomic E-state index is 12.3. The topological polar surface area (TPSA) is 69.6 Å². The van der Waals surface area contributed by atoms with Crippen molar-refractivity contribution in [2.45, 2.75) is 251 Å². The predicted molar refractivity (Wildman–Crippen MR) is 207 cm³/mol. The van der Waals surface area contributed by atoms with E-state index in [1.807, 2.05) is 6.08 Å². The average Bonchev–Trinajstić information content (AvgIpc) is 3.07. The molecule has 0 aromatic heterocycles. The van der Waals surface area contributed by atoms with Gasteiger partial charge < -0.3 is 15.5 Å². The standard InChI is InChI=1S/C43H85NO3/c1-3-5-7-9-11-12-13-14-15-16-17-18-19-20-21-22-23-24-25-26-27-28-29-30-31-32-33-35-37-39-43(47)44-41(40-45)42(46)38-36-34-10-8-6-4-2/h36,38,41-42,45-46H,3-35,37,39-40H2,1-2H3,(H,44,47)/b38-36+. The molecular formula is C43H85NO3. The fraction of sp³-hybridized carbons (Fsp3) is 0.930. The summed E-state index contributed by atoms with van der Waals surface area (Å²) >= 11 is 0. The van der Waals surface area contributed by atoms with Crippen molar-refractivity contribution in [2.75, 3.05) is 6.61 Å². The van der Waals surface area contributed by atoms with Crippen molar-refractivity contribution in [1.82, 2.24) is 5.32 Å². The molecule has 0 rings (SSSR count). The lowest BCUT2D eigenvalue weighted by molar-refractivity contribution is -0.123. The molecule has 0 saturated heterocycles. The van der Waals surface area contributed by atoms with Crippen LogP contribution in [0.2, 0.25) is 0 Å². The molecular weight excluding hydrogens is 578 g/mol. The number of rotatable bonds is 39. The van der Waals surface area contributed by atoms with E-state index in [4.69, 9.17) is 0 Å². The highest BCUT2D eigenvalue weighted by molar-refractivity contribution is 5.76. The van der Waals surface area contributed by atoms with Crippen LogP contribution in [0, 0.1) is 0 Å². The van der Waals surface area contributed by atoms with Crippen LogP contribution in [0.5, 0.6) is 0 Å². The smallest absolute Gasteiger partial charge is 0.220 e. The van der Waals surface area contributed by atoms with E-state index in [1.54, 1.807) is 6.08 Å². The quantitative estimate of drug-likeness (QED) is 0.0453. The fourth-order valence-electron chi connectivity index (χ4n) is 6.71. The SMILES string of the molecule is CCCCCC/C=C/C(O)C(CO)NC(=O)CCCCCCCCCCCCCCCCCCCCCCCCCCCCCCC.